The highest BCUT2D eigenvalue weighted by atomic mass is 16.1. The van der Waals surface area contributed by atoms with Crippen molar-refractivity contribution < 1.29 is 0 Å². The predicted octanol–water partition coefficient (Wildman–Crippen LogP) is 1.99. The third-order valence-electron chi connectivity index (χ3n) is 3.54. The third-order valence-corrected chi connectivity index (χ3v) is 3.54. The van der Waals surface area contributed by atoms with E-state index in [1.807, 2.05) is 30.5 Å². The Balaban J connectivity index is 1.64. The van der Waals surface area contributed by atoms with Gasteiger partial charge >= 0.3 is 0 Å². The van der Waals surface area contributed by atoms with E-state index in [2.05, 4.69) is 27.8 Å². The third kappa shape index (κ3) is 5.98. The molecule has 0 spiro atoms. The van der Waals surface area contributed by atoms with Crippen LogP contribution in [0.15, 0.2) is 64.5 Å². The monoisotopic (exact) mass is 312 g/mol. The number of aromatic nitrogens is 1. The maximum absolute atomic E-state index is 11.6. The van der Waals surface area contributed by atoms with Crippen LogP contribution in [0.25, 0.3) is 0 Å². The van der Waals surface area contributed by atoms with Crippen molar-refractivity contribution in [2.45, 2.75) is 25.9 Å². The number of rotatable bonds is 7. The van der Waals surface area contributed by atoms with Crippen LogP contribution >= 0.6 is 0 Å². The van der Waals surface area contributed by atoms with Crippen molar-refractivity contribution in [3.63, 3.8) is 0 Å². The molecule has 1 aromatic carbocycles. The summed E-state index contributed by atoms with van der Waals surface area (Å²) in [6, 6.07) is 15.5. The lowest BCUT2D eigenvalue weighted by Gasteiger charge is -2.12. The molecule has 2 rings (SSSR count). The summed E-state index contributed by atoms with van der Waals surface area (Å²) in [4.78, 5) is 15.8. The molecule has 2 aromatic rings. The zero-order valence-electron chi connectivity index (χ0n) is 13.5. The maximum atomic E-state index is 11.6. The zero-order valence-corrected chi connectivity index (χ0v) is 13.5. The van der Waals surface area contributed by atoms with Gasteiger partial charge in [-0.3, -0.25) is 9.79 Å². The molecule has 122 valence electrons. The molecule has 1 aromatic heterocycles. The molecular weight excluding hydrogens is 288 g/mol. The molecule has 5 nitrogen and oxygen atoms in total. The fourth-order valence-corrected chi connectivity index (χ4v) is 2.26. The summed E-state index contributed by atoms with van der Waals surface area (Å²) in [5, 5.41) is 6.58. The molecule has 0 atom stereocenters. The average Bonchev–Trinajstić information content (AvgIpc) is 2.59. The van der Waals surface area contributed by atoms with Crippen molar-refractivity contribution >= 4 is 5.96 Å². The first-order valence-electron chi connectivity index (χ1n) is 7.93. The van der Waals surface area contributed by atoms with Gasteiger partial charge in [-0.2, -0.15) is 0 Å². The van der Waals surface area contributed by atoms with E-state index in [4.69, 9.17) is 0 Å². The van der Waals surface area contributed by atoms with E-state index in [9.17, 15) is 4.79 Å². The number of guanidine groups is 1. The first-order chi connectivity index (χ1) is 11.3. The summed E-state index contributed by atoms with van der Waals surface area (Å²) in [5.74, 6) is 0.797. The Morgan fingerprint density at radius 1 is 1.04 bits per heavy atom. The molecule has 23 heavy (non-hydrogen) atoms. The van der Waals surface area contributed by atoms with Crippen molar-refractivity contribution in [3.8, 4) is 0 Å². The van der Waals surface area contributed by atoms with Gasteiger partial charge in [-0.15, -0.1) is 0 Å². The summed E-state index contributed by atoms with van der Waals surface area (Å²) in [7, 11) is 1.77. The Bertz CT molecular complexity index is 664. The average molecular weight is 312 g/mol. The predicted molar refractivity (Wildman–Crippen MR) is 94.6 cm³/mol. The molecule has 0 aliphatic carbocycles. The summed E-state index contributed by atoms with van der Waals surface area (Å²) >= 11 is 0. The van der Waals surface area contributed by atoms with Crippen LogP contribution in [0.1, 0.15) is 18.4 Å². The number of benzene rings is 1. The molecule has 2 N–H and O–H groups in total. The highest BCUT2D eigenvalue weighted by molar-refractivity contribution is 5.79. The molecule has 5 heteroatoms. The molecule has 0 aliphatic heterocycles. The van der Waals surface area contributed by atoms with E-state index < -0.39 is 0 Å². The van der Waals surface area contributed by atoms with Crippen LogP contribution in [0.5, 0.6) is 0 Å². The fourth-order valence-electron chi connectivity index (χ4n) is 2.26. The first kappa shape index (κ1) is 16.8. The number of aliphatic imine (C=N–C) groups is 1. The lowest BCUT2D eigenvalue weighted by molar-refractivity contribution is 0.585. The van der Waals surface area contributed by atoms with Gasteiger partial charge in [0.1, 0.15) is 0 Å². The van der Waals surface area contributed by atoms with E-state index in [0.29, 0.717) is 0 Å². The summed E-state index contributed by atoms with van der Waals surface area (Å²) in [6.07, 6.45) is 3.76. The van der Waals surface area contributed by atoms with E-state index in [1.54, 1.807) is 23.7 Å². The Labute approximate surface area is 137 Å². The Kier molecular flexibility index (Phi) is 6.91. The Morgan fingerprint density at radius 3 is 2.57 bits per heavy atom. The van der Waals surface area contributed by atoms with Gasteiger partial charge in [0, 0.05) is 38.9 Å². The first-order valence-corrected chi connectivity index (χ1v) is 7.93. The summed E-state index contributed by atoms with van der Waals surface area (Å²) in [5.41, 5.74) is 1.28. The smallest absolute Gasteiger partial charge is 0.250 e. The van der Waals surface area contributed by atoms with Gasteiger partial charge in [-0.25, -0.2) is 0 Å². The molecule has 0 fully saturated rings. The molecule has 0 saturated carbocycles. The lowest BCUT2D eigenvalue weighted by atomic mass is 10.2. The van der Waals surface area contributed by atoms with Gasteiger partial charge in [0.2, 0.25) is 5.56 Å². The molecule has 0 radical (unpaired) electrons. The van der Waals surface area contributed by atoms with E-state index >= 15 is 0 Å². The quantitative estimate of drug-likeness (QED) is 0.467. The standard InChI is InChI=1S/C18H24N4O/c1-19-18(21-15-16-9-3-2-4-10-16)20-12-6-8-14-22-13-7-5-11-17(22)23/h2-5,7,9-11,13H,6,8,12,14-15H2,1H3,(H2,19,20,21). The van der Waals surface area contributed by atoms with Crippen LogP contribution in [0.4, 0.5) is 0 Å². The van der Waals surface area contributed by atoms with Crippen LogP contribution in [-0.2, 0) is 13.1 Å². The van der Waals surface area contributed by atoms with E-state index in [1.165, 1.54) is 5.56 Å². The van der Waals surface area contributed by atoms with Gasteiger partial charge in [-0.1, -0.05) is 36.4 Å². The molecule has 0 aliphatic rings. The van der Waals surface area contributed by atoms with E-state index in [0.717, 1.165) is 38.4 Å². The normalized spacial score (nSPS) is 11.3. The molecule has 1 heterocycles. The number of hydrogen-bond donors (Lipinski definition) is 2. The minimum Gasteiger partial charge on any atom is -0.356 e. The maximum Gasteiger partial charge on any atom is 0.250 e. The Hall–Kier alpha value is -2.56. The van der Waals surface area contributed by atoms with Crippen LogP contribution in [-0.4, -0.2) is 24.1 Å². The van der Waals surface area contributed by atoms with Crippen LogP contribution in [0, 0.1) is 0 Å². The van der Waals surface area contributed by atoms with Gasteiger partial charge < -0.3 is 15.2 Å². The Morgan fingerprint density at radius 2 is 1.83 bits per heavy atom. The highest BCUT2D eigenvalue weighted by Crippen LogP contribution is 1.97. The highest BCUT2D eigenvalue weighted by Gasteiger charge is 1.98. The minimum atomic E-state index is 0.0563. The fraction of sp³-hybridized carbons (Fsp3) is 0.333. The lowest BCUT2D eigenvalue weighted by Crippen LogP contribution is -2.37. The number of aryl methyl sites for hydroxylation is 1. The van der Waals surface area contributed by atoms with Crippen molar-refractivity contribution in [2.24, 2.45) is 4.99 Å². The van der Waals surface area contributed by atoms with Crippen LogP contribution in [0.2, 0.25) is 0 Å². The van der Waals surface area contributed by atoms with Gasteiger partial charge in [0.15, 0.2) is 5.96 Å². The molecule has 0 unspecified atom stereocenters. The van der Waals surface area contributed by atoms with Crippen LogP contribution in [0.3, 0.4) is 0 Å². The second-order valence-electron chi connectivity index (χ2n) is 5.28. The summed E-state index contributed by atoms with van der Waals surface area (Å²) < 4.78 is 1.74. The van der Waals surface area contributed by atoms with Crippen LogP contribution < -0.4 is 16.2 Å². The molecular formula is C18H24N4O. The molecule has 0 amide bonds. The zero-order chi connectivity index (χ0) is 16.3. The molecule has 0 bridgehead atoms. The van der Waals surface area contributed by atoms with Gasteiger partial charge in [0.05, 0.1) is 0 Å². The second kappa shape index (κ2) is 9.46. The molecule has 0 saturated heterocycles. The number of pyridine rings is 1. The second-order valence-corrected chi connectivity index (χ2v) is 5.28. The number of nitrogens with one attached hydrogen (secondary N) is 2. The van der Waals surface area contributed by atoms with E-state index in [-0.39, 0.29) is 5.56 Å². The number of hydrogen-bond acceptors (Lipinski definition) is 2. The van der Waals surface area contributed by atoms with Crippen molar-refractivity contribution in [1.82, 2.24) is 15.2 Å². The largest absolute Gasteiger partial charge is 0.356 e. The topological polar surface area (TPSA) is 58.4 Å². The SMILES string of the molecule is CN=C(NCCCCn1ccccc1=O)NCc1ccccc1. The number of nitrogens with zero attached hydrogens (tertiary/aromatic N) is 2. The van der Waals surface area contributed by atoms with Crippen molar-refractivity contribution in [2.75, 3.05) is 13.6 Å². The summed E-state index contributed by atoms with van der Waals surface area (Å²) in [6.45, 7) is 2.33. The minimum absolute atomic E-state index is 0.0563. The van der Waals surface area contributed by atoms with Gasteiger partial charge in [-0.05, 0) is 24.5 Å². The van der Waals surface area contributed by atoms with Crippen molar-refractivity contribution in [3.05, 3.63) is 70.6 Å². The van der Waals surface area contributed by atoms with Gasteiger partial charge in [0.25, 0.3) is 0 Å². The number of unbranched alkanes of at least 4 members (excludes halogenated alkanes) is 1. The van der Waals surface area contributed by atoms with Crippen molar-refractivity contribution in [1.29, 1.82) is 0 Å².